The van der Waals surface area contributed by atoms with Crippen LogP contribution in [-0.4, -0.2) is 25.4 Å². The molecule has 1 heterocycles. The minimum atomic E-state index is -0.479. The van der Waals surface area contributed by atoms with E-state index in [1.54, 1.807) is 7.11 Å². The molecular weight excluding hydrogens is 252 g/mol. The summed E-state index contributed by atoms with van der Waals surface area (Å²) in [5.74, 6) is 1.67. The fraction of sp³-hybridized carbons (Fsp3) is 0.294. The van der Waals surface area contributed by atoms with Crippen LogP contribution in [0.25, 0.3) is 0 Å². The summed E-state index contributed by atoms with van der Waals surface area (Å²) in [7, 11) is 1.65. The van der Waals surface area contributed by atoms with E-state index in [9.17, 15) is 5.11 Å². The second-order valence-corrected chi connectivity index (χ2v) is 5.26. The third kappa shape index (κ3) is 1.86. The van der Waals surface area contributed by atoms with Crippen LogP contribution in [0.1, 0.15) is 16.7 Å². The fourth-order valence-corrected chi connectivity index (χ4v) is 2.79. The van der Waals surface area contributed by atoms with Gasteiger partial charge in [-0.25, -0.2) is 0 Å². The predicted octanol–water partition coefficient (Wildman–Crippen LogP) is 2.67. The highest BCUT2D eigenvalue weighted by molar-refractivity contribution is 5.53. The van der Waals surface area contributed by atoms with Crippen molar-refractivity contribution in [3.63, 3.8) is 0 Å². The summed E-state index contributed by atoms with van der Waals surface area (Å²) in [6, 6.07) is 13.9. The first-order valence-corrected chi connectivity index (χ1v) is 6.69. The SMILES string of the molecule is COc1ccc([C@]2(CO)COc3ccc(C)cc32)cc1. The molecule has 0 spiro atoms. The smallest absolute Gasteiger partial charge is 0.123 e. The first kappa shape index (κ1) is 13.0. The maximum absolute atomic E-state index is 10.0. The summed E-state index contributed by atoms with van der Waals surface area (Å²) < 4.78 is 11.0. The average molecular weight is 270 g/mol. The molecule has 3 heteroatoms. The normalized spacial score (nSPS) is 20.4. The Labute approximate surface area is 118 Å². The van der Waals surface area contributed by atoms with E-state index in [0.29, 0.717) is 6.61 Å². The van der Waals surface area contributed by atoms with Gasteiger partial charge in [-0.3, -0.25) is 0 Å². The first-order chi connectivity index (χ1) is 9.69. The number of aliphatic hydroxyl groups is 1. The molecule has 2 aromatic carbocycles. The van der Waals surface area contributed by atoms with Crippen LogP contribution in [0.4, 0.5) is 0 Å². The molecule has 0 unspecified atom stereocenters. The van der Waals surface area contributed by atoms with Gasteiger partial charge in [0.05, 0.1) is 19.1 Å². The van der Waals surface area contributed by atoms with Gasteiger partial charge in [0.2, 0.25) is 0 Å². The van der Waals surface area contributed by atoms with Crippen LogP contribution < -0.4 is 9.47 Å². The zero-order valence-corrected chi connectivity index (χ0v) is 11.7. The Bertz CT molecular complexity index is 619. The zero-order chi connectivity index (χ0) is 14.2. The zero-order valence-electron chi connectivity index (χ0n) is 11.7. The van der Waals surface area contributed by atoms with Crippen LogP contribution in [0.2, 0.25) is 0 Å². The first-order valence-electron chi connectivity index (χ1n) is 6.69. The quantitative estimate of drug-likeness (QED) is 0.932. The van der Waals surface area contributed by atoms with Gasteiger partial charge in [-0.1, -0.05) is 29.8 Å². The van der Waals surface area contributed by atoms with Crippen molar-refractivity contribution < 1.29 is 14.6 Å². The Morgan fingerprint density at radius 1 is 1.20 bits per heavy atom. The van der Waals surface area contributed by atoms with Crippen LogP contribution in [0.5, 0.6) is 11.5 Å². The number of fused-ring (bicyclic) bond motifs is 1. The lowest BCUT2D eigenvalue weighted by Gasteiger charge is -2.26. The summed E-state index contributed by atoms with van der Waals surface area (Å²) in [6.07, 6.45) is 0. The molecule has 3 rings (SSSR count). The molecule has 1 N–H and O–H groups in total. The van der Waals surface area contributed by atoms with Gasteiger partial charge in [0.15, 0.2) is 0 Å². The van der Waals surface area contributed by atoms with Crippen molar-refractivity contribution in [1.29, 1.82) is 0 Å². The Kier molecular flexibility index (Phi) is 3.14. The Hall–Kier alpha value is -2.00. The van der Waals surface area contributed by atoms with Gasteiger partial charge >= 0.3 is 0 Å². The maximum atomic E-state index is 10.0. The molecule has 1 atom stereocenters. The van der Waals surface area contributed by atoms with E-state index in [1.165, 1.54) is 5.56 Å². The minimum absolute atomic E-state index is 0.0236. The molecule has 2 aromatic rings. The van der Waals surface area contributed by atoms with E-state index in [2.05, 4.69) is 13.0 Å². The number of ether oxygens (including phenoxy) is 2. The number of benzene rings is 2. The van der Waals surface area contributed by atoms with Crippen molar-refractivity contribution >= 4 is 0 Å². The fourth-order valence-electron chi connectivity index (χ4n) is 2.79. The minimum Gasteiger partial charge on any atom is -0.497 e. The number of methoxy groups -OCH3 is 1. The van der Waals surface area contributed by atoms with Crippen molar-refractivity contribution in [1.82, 2.24) is 0 Å². The van der Waals surface area contributed by atoms with Crippen LogP contribution in [-0.2, 0) is 5.41 Å². The van der Waals surface area contributed by atoms with Crippen molar-refractivity contribution in [3.8, 4) is 11.5 Å². The average Bonchev–Trinajstić information content (AvgIpc) is 2.86. The molecule has 1 aliphatic heterocycles. The number of rotatable bonds is 3. The Morgan fingerprint density at radius 3 is 2.60 bits per heavy atom. The van der Waals surface area contributed by atoms with Crippen LogP contribution >= 0.6 is 0 Å². The highest BCUT2D eigenvalue weighted by atomic mass is 16.5. The third-order valence-electron chi connectivity index (χ3n) is 4.04. The largest absolute Gasteiger partial charge is 0.497 e. The Balaban J connectivity index is 2.11. The third-order valence-corrected chi connectivity index (χ3v) is 4.04. The molecule has 1 aliphatic rings. The van der Waals surface area contributed by atoms with Gasteiger partial charge in [-0.2, -0.15) is 0 Å². The molecule has 0 amide bonds. The molecule has 3 nitrogen and oxygen atoms in total. The molecular formula is C17H18O3. The molecule has 0 aliphatic carbocycles. The van der Waals surface area contributed by atoms with E-state index in [1.807, 2.05) is 36.4 Å². The van der Waals surface area contributed by atoms with Gasteiger partial charge in [0.25, 0.3) is 0 Å². The van der Waals surface area contributed by atoms with Crippen molar-refractivity contribution in [2.24, 2.45) is 0 Å². The topological polar surface area (TPSA) is 38.7 Å². The standard InChI is InChI=1S/C17H18O3/c1-12-3-8-16-15(9-12)17(10-18,11-20-16)13-4-6-14(19-2)7-5-13/h3-9,18H,10-11H2,1-2H3/t17-/m0/s1. The summed E-state index contributed by atoms with van der Waals surface area (Å²) in [6.45, 7) is 2.54. The molecule has 0 saturated heterocycles. The lowest BCUT2D eigenvalue weighted by molar-refractivity contribution is 0.185. The number of hydrogen-bond acceptors (Lipinski definition) is 3. The van der Waals surface area contributed by atoms with Crippen molar-refractivity contribution in [2.75, 3.05) is 20.3 Å². The number of hydrogen-bond donors (Lipinski definition) is 1. The molecule has 104 valence electrons. The molecule has 20 heavy (non-hydrogen) atoms. The van der Waals surface area contributed by atoms with Gasteiger partial charge in [0.1, 0.15) is 18.1 Å². The maximum Gasteiger partial charge on any atom is 0.123 e. The summed E-state index contributed by atoms with van der Waals surface area (Å²) in [4.78, 5) is 0. The highest BCUT2D eigenvalue weighted by Crippen LogP contribution is 2.43. The summed E-state index contributed by atoms with van der Waals surface area (Å²) in [5, 5.41) is 10.0. The van der Waals surface area contributed by atoms with Crippen molar-refractivity contribution in [3.05, 3.63) is 59.2 Å². The van der Waals surface area contributed by atoms with Gasteiger partial charge in [-0.15, -0.1) is 0 Å². The van der Waals surface area contributed by atoms with E-state index >= 15 is 0 Å². The summed E-state index contributed by atoms with van der Waals surface area (Å²) in [5.41, 5.74) is 2.80. The lowest BCUT2D eigenvalue weighted by Crippen LogP contribution is -2.33. The van der Waals surface area contributed by atoms with Gasteiger partial charge < -0.3 is 14.6 Å². The second kappa shape index (κ2) is 4.84. The van der Waals surface area contributed by atoms with E-state index < -0.39 is 5.41 Å². The highest BCUT2D eigenvalue weighted by Gasteiger charge is 2.42. The Morgan fingerprint density at radius 2 is 1.95 bits per heavy atom. The lowest BCUT2D eigenvalue weighted by atomic mass is 9.76. The molecule has 0 bridgehead atoms. The molecule has 0 fully saturated rings. The number of aryl methyl sites for hydroxylation is 1. The second-order valence-electron chi connectivity index (χ2n) is 5.26. The van der Waals surface area contributed by atoms with Crippen LogP contribution in [0.3, 0.4) is 0 Å². The van der Waals surface area contributed by atoms with Crippen LogP contribution in [0.15, 0.2) is 42.5 Å². The molecule has 0 saturated carbocycles. The van der Waals surface area contributed by atoms with Gasteiger partial charge in [0, 0.05) is 5.56 Å². The monoisotopic (exact) mass is 270 g/mol. The predicted molar refractivity (Wildman–Crippen MR) is 77.5 cm³/mol. The van der Waals surface area contributed by atoms with Crippen LogP contribution in [0, 0.1) is 6.92 Å². The van der Waals surface area contributed by atoms with E-state index in [0.717, 1.165) is 22.6 Å². The van der Waals surface area contributed by atoms with Gasteiger partial charge in [-0.05, 0) is 30.7 Å². The number of aliphatic hydroxyl groups excluding tert-OH is 1. The van der Waals surface area contributed by atoms with Crippen molar-refractivity contribution in [2.45, 2.75) is 12.3 Å². The van der Waals surface area contributed by atoms with E-state index in [4.69, 9.17) is 9.47 Å². The molecule has 0 radical (unpaired) electrons. The summed E-state index contributed by atoms with van der Waals surface area (Å²) >= 11 is 0. The van der Waals surface area contributed by atoms with E-state index in [-0.39, 0.29) is 6.61 Å². The molecule has 0 aromatic heterocycles.